The number of carboxylic acids is 5. The topological polar surface area (TPSA) is 994 Å². The smallest absolute Gasteiger partial charge is 0.325 e. The molecule has 0 bridgehead atoms. The number of hydrogen-bond acceptors (Lipinski definition) is 39. The monoisotopic (exact) mass is 1870 g/mol. The molecule has 0 aliphatic carbocycles. The summed E-state index contributed by atoms with van der Waals surface area (Å²) in [6.45, 7) is -1.71. The Bertz CT molecular complexity index is 3720. The van der Waals surface area contributed by atoms with Crippen molar-refractivity contribution in [1.82, 2.24) is 90.0 Å². The van der Waals surface area contributed by atoms with E-state index in [9.17, 15) is 119 Å². The first-order valence-electron chi connectivity index (χ1n) is 37.2. The van der Waals surface area contributed by atoms with Crippen molar-refractivity contribution in [3.63, 3.8) is 0 Å². The average Bonchev–Trinajstić information content (AvgIpc) is 1.76. The van der Waals surface area contributed by atoms with Crippen LogP contribution in [0.3, 0.4) is 0 Å². The average molecular weight is 1870 g/mol. The third-order valence-electron chi connectivity index (χ3n) is 12.9. The second kappa shape index (κ2) is 83.1. The fourth-order valence-electron chi connectivity index (χ4n) is 6.95. The molecule has 1 saturated heterocycles. The van der Waals surface area contributed by atoms with E-state index < -0.39 is 166 Å². The van der Waals surface area contributed by atoms with E-state index in [4.69, 9.17) is 80.4 Å². The molecule has 60 nitrogen and oxygen atoms in total. The van der Waals surface area contributed by atoms with Crippen LogP contribution < -0.4 is 125 Å². The van der Waals surface area contributed by atoms with Crippen LogP contribution in [0.1, 0.15) is 32.3 Å². The van der Waals surface area contributed by atoms with Gasteiger partial charge in [0.25, 0.3) is 10.1 Å². The number of hydrogen-bond donors (Lipinski definition) is 31. The Labute approximate surface area is 731 Å². The van der Waals surface area contributed by atoms with Crippen LogP contribution in [0.2, 0.25) is 0 Å². The highest BCUT2D eigenvalue weighted by Crippen LogP contribution is 2.14. The SMILES string of the molecule is CC(N)C(=O)NCC(=O)NCC(=O)O.CCOC(=O)CNC(=O)CN.CN1CCCC1C(=O)NCC(=O)NCC(=O)O.CNCC(=O)NCC(=O)O.NC(Cc1ccccc1)C(=O)NCC(=O)NCC(=O)OCCO.NCC(=O)NCC(=O)NCC(=O)O.NCC(=O)NCC(=O)NCC(=O)OCCO.NCC(=O)NCC(=O)NCCS(=O)(=O)O.NCC(=O)NCC(=O)O. The number of nitrogens with one attached hydrogen (secondary N) is 16. The third-order valence-corrected chi connectivity index (χ3v) is 13.6. The molecule has 0 aromatic heterocycles. The largest absolute Gasteiger partial charge is 0.480 e. The van der Waals surface area contributed by atoms with Gasteiger partial charge in [0, 0.05) is 6.54 Å². The maximum absolute atomic E-state index is 11.8. The Morgan fingerprint density at radius 3 is 1.00 bits per heavy atom. The van der Waals surface area contributed by atoms with Gasteiger partial charge >= 0.3 is 47.8 Å². The summed E-state index contributed by atoms with van der Waals surface area (Å²) >= 11 is 0. The highest BCUT2D eigenvalue weighted by molar-refractivity contribution is 7.85. The Balaban J connectivity index is -0.000000261. The van der Waals surface area contributed by atoms with Crippen LogP contribution in [0.4, 0.5) is 0 Å². The van der Waals surface area contributed by atoms with Crippen molar-refractivity contribution in [2.24, 2.45) is 40.1 Å². The number of aliphatic hydroxyl groups is 2. The van der Waals surface area contributed by atoms with E-state index in [0.717, 1.165) is 24.9 Å². The van der Waals surface area contributed by atoms with E-state index in [1.54, 1.807) is 14.0 Å². The molecule has 1 aliphatic rings. The molecule has 128 heavy (non-hydrogen) atoms. The number of nitrogens with zero attached hydrogens (tertiary/aromatic N) is 1. The van der Waals surface area contributed by atoms with Crippen molar-refractivity contribution < 1.29 is 173 Å². The molecule has 0 saturated carbocycles. The molecular weight excluding hydrogens is 1750 g/mol. The number of nitrogens with two attached hydrogens (primary N) is 7. The summed E-state index contributed by atoms with van der Waals surface area (Å²) < 4.78 is 42.4. The van der Waals surface area contributed by atoms with Gasteiger partial charge < -0.3 is 175 Å². The Morgan fingerprint density at radius 1 is 0.414 bits per heavy atom. The maximum Gasteiger partial charge on any atom is 0.325 e. The summed E-state index contributed by atoms with van der Waals surface area (Å²) in [5, 5.41) is 93.5. The van der Waals surface area contributed by atoms with Gasteiger partial charge in [-0.1, -0.05) is 30.3 Å². The second-order valence-electron chi connectivity index (χ2n) is 23.8. The fraction of sp³-hybridized carbons (Fsp3) is 0.567. The lowest BCUT2D eigenvalue weighted by Crippen LogP contribution is -2.46. The van der Waals surface area contributed by atoms with Crippen LogP contribution in [-0.4, -0.2) is 405 Å². The number of benzene rings is 1. The molecule has 15 amide bonds. The van der Waals surface area contributed by atoms with E-state index >= 15 is 0 Å². The lowest BCUT2D eigenvalue weighted by molar-refractivity contribution is -0.145. The summed E-state index contributed by atoms with van der Waals surface area (Å²) in [7, 11) is -0.603. The molecule has 1 aromatic rings. The number of rotatable bonds is 48. The first-order valence-corrected chi connectivity index (χ1v) is 38.8. The van der Waals surface area contributed by atoms with Crippen molar-refractivity contribution in [2.45, 2.75) is 51.2 Å². The standard InChI is InChI=1S/C15H21N3O5.C10H17N3O4.C8H15N3O5.C7H13N3O4.C6H13N3O5S.C6H11N3O4.C6H12N2O3.C5H10N2O3.C4H8N2O3/c16-12(8-11-4-2-1-3-5-11)15(22)18-9-13(20)17-10-14(21)23-7-6-19;1-13-4-2-3-7(13)10(17)12-5-8(14)11-6-9(15)16;9-3-6(13)10-4-7(14)11-5-8(15)16-2-1-12;1-4(8)7(14)10-2-5(11)9-3-6(12)13;7-3-5(10)9-4-6(11)8-1-2-15(12,13)14;7-1-4(10)8-2-5(11)9-3-6(12)13;1-2-11-6(10)4-8-5(9)3-7;1-6-2-4(8)7-3-5(9)10;5-1-3(7)6-2-4(8)9/h1-5,12,19H,6-10,16H2,(H,17,20)(H,18,22);7H,2-6H2,1H3,(H,11,14)(H,12,17)(H,15,16);12H,1-5,9H2,(H,10,13)(H,11,14);4H,2-3,8H2,1H3,(H,9,11)(H,10,14)(H,12,13);1-4,7H2,(H,8,11)(H,9,10)(H,12,13,14);1-3,7H2,(H,8,10)(H,9,11)(H,12,13);2-4,7H2,1H3,(H,8,9);6H,2-3H2,1H3,(H,7,8)(H,9,10);1-2,5H2,(H,6,7)(H,8,9). The number of amides is 15. The predicted octanol–water partition coefficient (Wildman–Crippen LogP) is -19.4. The van der Waals surface area contributed by atoms with E-state index in [0.29, 0.717) is 13.0 Å². The molecule has 38 N–H and O–H groups in total. The van der Waals surface area contributed by atoms with Gasteiger partial charge in [-0.25, -0.2) is 0 Å². The van der Waals surface area contributed by atoms with Crippen molar-refractivity contribution in [3.05, 3.63) is 35.9 Å². The molecule has 0 radical (unpaired) electrons. The molecule has 2 rings (SSSR count). The van der Waals surface area contributed by atoms with Crippen molar-refractivity contribution >= 4 is 146 Å². The van der Waals surface area contributed by atoms with Gasteiger partial charge in [0.05, 0.1) is 122 Å². The van der Waals surface area contributed by atoms with Crippen molar-refractivity contribution in [1.29, 1.82) is 0 Å². The first-order chi connectivity index (χ1) is 60.0. The summed E-state index contributed by atoms with van der Waals surface area (Å²) in [4.78, 5) is 248. The number of carbonyl (C=O) groups is 23. The third kappa shape index (κ3) is 94.7. The molecule has 1 fully saturated rings. The Hall–Kier alpha value is -13.5. The number of aliphatic hydroxyl groups excluding tert-OH is 2. The number of likely N-dealkylation sites (N-methyl/N-ethyl adjacent to an activating group) is 2. The lowest BCUT2D eigenvalue weighted by atomic mass is 10.1. The molecular formula is C67H120N24O36S. The van der Waals surface area contributed by atoms with Gasteiger partial charge in [-0.15, -0.1) is 0 Å². The van der Waals surface area contributed by atoms with E-state index in [-0.39, 0.29) is 168 Å². The highest BCUT2D eigenvalue weighted by Gasteiger charge is 2.28. The minimum atomic E-state index is -4.08. The summed E-state index contributed by atoms with van der Waals surface area (Å²) in [5.41, 5.74) is 36.6. The molecule has 730 valence electrons. The van der Waals surface area contributed by atoms with Crippen LogP contribution in [0, 0.1) is 0 Å². The van der Waals surface area contributed by atoms with E-state index in [1.165, 1.54) is 6.92 Å². The van der Waals surface area contributed by atoms with Crippen molar-refractivity contribution in [3.8, 4) is 0 Å². The van der Waals surface area contributed by atoms with E-state index in [1.807, 2.05) is 42.3 Å². The molecule has 3 atom stereocenters. The predicted molar refractivity (Wildman–Crippen MR) is 439 cm³/mol. The molecule has 61 heteroatoms. The minimum Gasteiger partial charge on any atom is -0.480 e. The zero-order valence-electron chi connectivity index (χ0n) is 70.4. The molecule has 1 heterocycles. The van der Waals surface area contributed by atoms with Crippen LogP contribution in [-0.2, 0) is 141 Å². The van der Waals surface area contributed by atoms with Crippen LogP contribution in [0.5, 0.6) is 0 Å². The molecule has 0 spiro atoms. The zero-order valence-corrected chi connectivity index (χ0v) is 71.3. The van der Waals surface area contributed by atoms with Crippen LogP contribution in [0.15, 0.2) is 30.3 Å². The van der Waals surface area contributed by atoms with Gasteiger partial charge in [-0.05, 0) is 59.3 Å². The highest BCUT2D eigenvalue weighted by atomic mass is 32.2. The van der Waals surface area contributed by atoms with Gasteiger partial charge in [-0.3, -0.25) is 120 Å². The van der Waals surface area contributed by atoms with Gasteiger partial charge in [0.2, 0.25) is 88.6 Å². The maximum atomic E-state index is 11.8. The number of carbonyl (C=O) groups excluding carboxylic acids is 18. The number of ether oxygens (including phenoxy) is 3. The van der Waals surface area contributed by atoms with Crippen molar-refractivity contribution in [2.75, 3.05) is 197 Å². The fourth-order valence-corrected chi connectivity index (χ4v) is 7.31. The van der Waals surface area contributed by atoms with Crippen LogP contribution in [0.25, 0.3) is 0 Å². The summed E-state index contributed by atoms with van der Waals surface area (Å²) in [5.74, 6) is -14.7. The van der Waals surface area contributed by atoms with E-state index in [2.05, 4.69) is 99.3 Å². The molecule has 1 aromatic carbocycles. The first kappa shape index (κ1) is 128. The molecule has 3 unspecified atom stereocenters. The molecule has 1 aliphatic heterocycles. The number of esters is 3. The summed E-state index contributed by atoms with van der Waals surface area (Å²) in [6.07, 6.45) is 2.13. The van der Waals surface area contributed by atoms with Gasteiger partial charge in [-0.2, -0.15) is 8.42 Å². The number of carboxylic acid groups (broad SMARTS) is 5. The normalized spacial score (nSPS) is 11.4. The quantitative estimate of drug-likeness (QED) is 0.0164. The summed E-state index contributed by atoms with van der Waals surface area (Å²) in [6, 6.07) is 7.65. The van der Waals surface area contributed by atoms with Crippen LogP contribution >= 0.6 is 0 Å². The lowest BCUT2D eigenvalue weighted by Gasteiger charge is -2.18. The van der Waals surface area contributed by atoms with Gasteiger partial charge in [0.1, 0.15) is 65.6 Å². The minimum absolute atomic E-state index is 0.107. The van der Waals surface area contributed by atoms with Gasteiger partial charge in [0.15, 0.2) is 0 Å². The number of aliphatic carboxylic acids is 5. The number of likely N-dealkylation sites (tertiary alicyclic amines) is 1. The second-order valence-corrected chi connectivity index (χ2v) is 25.3. The Kier molecular flexibility index (Phi) is 82.8. The Morgan fingerprint density at radius 2 is 0.703 bits per heavy atom. The zero-order chi connectivity index (χ0) is 99.6.